The summed E-state index contributed by atoms with van der Waals surface area (Å²) in [6, 6.07) is 4.08. The summed E-state index contributed by atoms with van der Waals surface area (Å²) in [6.07, 6.45) is 0.706. The maximum Gasteiger partial charge on any atom is 0.299 e. The summed E-state index contributed by atoms with van der Waals surface area (Å²) in [5.41, 5.74) is 0.298. The lowest BCUT2D eigenvalue weighted by Gasteiger charge is -2.09. The lowest BCUT2D eigenvalue weighted by Crippen LogP contribution is -2.30. The smallest absolute Gasteiger partial charge is 0.299 e. The largest absolute Gasteiger partial charge is 0.506 e. The normalized spacial score (nSPS) is 11.4. The van der Waals surface area contributed by atoms with Crippen LogP contribution in [0.1, 0.15) is 13.3 Å². The SMILES string of the molecule is CCCNS(=O)(=O)Nc1ccc(O)c(Cl)c1. The summed E-state index contributed by atoms with van der Waals surface area (Å²) in [7, 11) is -3.57. The van der Waals surface area contributed by atoms with Crippen molar-refractivity contribution in [3.05, 3.63) is 23.2 Å². The summed E-state index contributed by atoms with van der Waals surface area (Å²) in [6.45, 7) is 2.22. The van der Waals surface area contributed by atoms with Gasteiger partial charge in [0.2, 0.25) is 0 Å². The van der Waals surface area contributed by atoms with Gasteiger partial charge >= 0.3 is 0 Å². The first-order chi connectivity index (χ1) is 7.44. The second-order valence-electron chi connectivity index (χ2n) is 3.17. The molecule has 0 atom stereocenters. The topological polar surface area (TPSA) is 78.4 Å². The molecule has 0 bridgehead atoms. The third kappa shape index (κ3) is 3.88. The Bertz CT molecular complexity index is 462. The number of benzene rings is 1. The van der Waals surface area contributed by atoms with Gasteiger partial charge < -0.3 is 5.11 Å². The Morgan fingerprint density at radius 3 is 2.69 bits per heavy atom. The van der Waals surface area contributed by atoms with E-state index >= 15 is 0 Å². The molecule has 0 aliphatic heterocycles. The van der Waals surface area contributed by atoms with Crippen molar-refractivity contribution in [2.45, 2.75) is 13.3 Å². The van der Waals surface area contributed by atoms with Crippen LogP contribution in [0.25, 0.3) is 0 Å². The van der Waals surface area contributed by atoms with Gasteiger partial charge in [0.25, 0.3) is 10.2 Å². The highest BCUT2D eigenvalue weighted by Gasteiger charge is 2.09. The van der Waals surface area contributed by atoms with Gasteiger partial charge in [-0.05, 0) is 24.6 Å². The van der Waals surface area contributed by atoms with Crippen molar-refractivity contribution < 1.29 is 13.5 Å². The first-order valence-electron chi connectivity index (χ1n) is 4.70. The van der Waals surface area contributed by atoms with Gasteiger partial charge in [0.15, 0.2) is 0 Å². The summed E-state index contributed by atoms with van der Waals surface area (Å²) >= 11 is 5.64. The zero-order valence-corrected chi connectivity index (χ0v) is 10.3. The number of aromatic hydroxyl groups is 1. The van der Waals surface area contributed by atoms with E-state index in [4.69, 9.17) is 16.7 Å². The minimum atomic E-state index is -3.57. The lowest BCUT2D eigenvalue weighted by atomic mass is 10.3. The van der Waals surface area contributed by atoms with Gasteiger partial charge in [-0.2, -0.15) is 13.1 Å². The number of nitrogens with one attached hydrogen (secondary N) is 2. The molecule has 0 aliphatic carbocycles. The van der Waals surface area contributed by atoms with Crippen LogP contribution in [-0.2, 0) is 10.2 Å². The molecule has 0 saturated heterocycles. The van der Waals surface area contributed by atoms with Gasteiger partial charge in [0.05, 0.1) is 10.7 Å². The predicted molar refractivity (Wildman–Crippen MR) is 64.0 cm³/mol. The van der Waals surface area contributed by atoms with Gasteiger partial charge in [0.1, 0.15) is 5.75 Å². The van der Waals surface area contributed by atoms with E-state index in [1.807, 2.05) is 6.92 Å². The van der Waals surface area contributed by atoms with Crippen molar-refractivity contribution in [3.8, 4) is 5.75 Å². The molecule has 0 aliphatic rings. The van der Waals surface area contributed by atoms with E-state index < -0.39 is 10.2 Å². The summed E-state index contributed by atoms with van der Waals surface area (Å²) in [4.78, 5) is 0. The molecule has 16 heavy (non-hydrogen) atoms. The molecule has 3 N–H and O–H groups in total. The number of phenolic OH excluding ortho intramolecular Hbond substituents is 1. The van der Waals surface area contributed by atoms with Crippen LogP contribution in [-0.4, -0.2) is 20.1 Å². The van der Waals surface area contributed by atoms with Gasteiger partial charge in [0, 0.05) is 6.54 Å². The van der Waals surface area contributed by atoms with Crippen LogP contribution >= 0.6 is 11.6 Å². The molecule has 90 valence electrons. The standard InChI is InChI=1S/C9H13ClN2O3S/c1-2-5-11-16(14,15)12-7-3-4-9(13)8(10)6-7/h3-4,6,11-13H,2,5H2,1H3. The van der Waals surface area contributed by atoms with E-state index in [9.17, 15) is 8.42 Å². The Labute approximate surface area is 99.6 Å². The zero-order chi connectivity index (χ0) is 12.2. The molecule has 0 radical (unpaired) electrons. The maximum absolute atomic E-state index is 11.4. The summed E-state index contributed by atoms with van der Waals surface area (Å²) < 4.78 is 27.5. The Hall–Kier alpha value is -0.980. The fraction of sp³-hybridized carbons (Fsp3) is 0.333. The second-order valence-corrected chi connectivity index (χ2v) is 5.07. The van der Waals surface area contributed by atoms with E-state index in [2.05, 4.69) is 9.44 Å². The fourth-order valence-corrected chi connectivity index (χ4v) is 2.16. The number of hydrogen-bond donors (Lipinski definition) is 3. The van der Waals surface area contributed by atoms with Crippen LogP contribution in [0, 0.1) is 0 Å². The Balaban J connectivity index is 2.76. The van der Waals surface area contributed by atoms with E-state index in [1.165, 1.54) is 18.2 Å². The second kappa shape index (κ2) is 5.38. The Morgan fingerprint density at radius 2 is 2.12 bits per heavy atom. The molecular formula is C9H13ClN2O3S. The Kier molecular flexibility index (Phi) is 4.40. The highest BCUT2D eigenvalue weighted by molar-refractivity contribution is 7.90. The van der Waals surface area contributed by atoms with Gasteiger partial charge in [-0.3, -0.25) is 4.72 Å². The van der Waals surface area contributed by atoms with Crippen molar-refractivity contribution >= 4 is 27.5 Å². The molecule has 0 saturated carbocycles. The van der Waals surface area contributed by atoms with Crippen LogP contribution < -0.4 is 9.44 Å². The van der Waals surface area contributed by atoms with Crippen molar-refractivity contribution in [2.24, 2.45) is 0 Å². The quantitative estimate of drug-likeness (QED) is 0.709. The highest BCUT2D eigenvalue weighted by atomic mass is 35.5. The fourth-order valence-electron chi connectivity index (χ4n) is 0.998. The van der Waals surface area contributed by atoms with Crippen molar-refractivity contribution in [1.82, 2.24) is 4.72 Å². The molecule has 7 heteroatoms. The van der Waals surface area contributed by atoms with Gasteiger partial charge in [-0.15, -0.1) is 0 Å². The maximum atomic E-state index is 11.4. The molecule has 1 rings (SSSR count). The average Bonchev–Trinajstić information content (AvgIpc) is 2.20. The average molecular weight is 265 g/mol. The van der Waals surface area contributed by atoms with E-state index in [0.29, 0.717) is 18.7 Å². The monoisotopic (exact) mass is 264 g/mol. The summed E-state index contributed by atoms with van der Waals surface area (Å²) in [5, 5.41) is 9.25. The minimum absolute atomic E-state index is 0.0915. The van der Waals surface area contributed by atoms with E-state index in [-0.39, 0.29) is 10.8 Å². The minimum Gasteiger partial charge on any atom is -0.506 e. The molecular weight excluding hydrogens is 252 g/mol. The van der Waals surface area contributed by atoms with Crippen molar-refractivity contribution in [3.63, 3.8) is 0 Å². The summed E-state index contributed by atoms with van der Waals surface area (Å²) in [5.74, 6) is -0.0915. The van der Waals surface area contributed by atoms with Gasteiger partial charge in [-0.1, -0.05) is 18.5 Å². The molecule has 0 heterocycles. The molecule has 0 spiro atoms. The molecule has 5 nitrogen and oxygen atoms in total. The number of anilines is 1. The number of hydrogen-bond acceptors (Lipinski definition) is 3. The molecule has 1 aromatic carbocycles. The van der Waals surface area contributed by atoms with Crippen LogP contribution in [0.15, 0.2) is 18.2 Å². The first kappa shape index (κ1) is 13.1. The van der Waals surface area contributed by atoms with Crippen LogP contribution in [0.3, 0.4) is 0 Å². The molecule has 0 fully saturated rings. The number of halogens is 1. The third-order valence-corrected chi connectivity index (χ3v) is 3.13. The molecule has 0 amide bonds. The van der Waals surface area contributed by atoms with Crippen LogP contribution in [0.4, 0.5) is 5.69 Å². The molecule has 1 aromatic rings. The van der Waals surface area contributed by atoms with E-state index in [1.54, 1.807) is 0 Å². The first-order valence-corrected chi connectivity index (χ1v) is 6.56. The van der Waals surface area contributed by atoms with Crippen molar-refractivity contribution in [1.29, 1.82) is 0 Å². The lowest BCUT2D eigenvalue weighted by molar-refractivity contribution is 0.475. The Morgan fingerprint density at radius 1 is 1.44 bits per heavy atom. The zero-order valence-electron chi connectivity index (χ0n) is 8.70. The molecule has 0 unspecified atom stereocenters. The third-order valence-electron chi connectivity index (χ3n) is 1.74. The number of rotatable bonds is 5. The van der Waals surface area contributed by atoms with Crippen LogP contribution in [0.2, 0.25) is 5.02 Å². The number of phenols is 1. The molecule has 0 aromatic heterocycles. The van der Waals surface area contributed by atoms with Crippen LogP contribution in [0.5, 0.6) is 5.75 Å². The van der Waals surface area contributed by atoms with E-state index in [0.717, 1.165) is 0 Å². The van der Waals surface area contributed by atoms with Crippen molar-refractivity contribution in [2.75, 3.05) is 11.3 Å². The van der Waals surface area contributed by atoms with Gasteiger partial charge in [-0.25, -0.2) is 0 Å². The predicted octanol–water partition coefficient (Wildman–Crippen LogP) is 1.70. The highest BCUT2D eigenvalue weighted by Crippen LogP contribution is 2.26.